The Morgan fingerprint density at radius 2 is 1.72 bits per heavy atom. The summed E-state index contributed by atoms with van der Waals surface area (Å²) in [4.78, 5) is 2.35. The summed E-state index contributed by atoms with van der Waals surface area (Å²) in [6.07, 6.45) is 2.84. The van der Waals surface area contributed by atoms with Crippen molar-refractivity contribution < 1.29 is 0 Å². The molecule has 0 saturated carbocycles. The van der Waals surface area contributed by atoms with Crippen LogP contribution >= 0.6 is 0 Å². The molecule has 0 radical (unpaired) electrons. The summed E-state index contributed by atoms with van der Waals surface area (Å²) < 4.78 is 0. The highest BCUT2D eigenvalue weighted by Crippen LogP contribution is 2.37. The van der Waals surface area contributed by atoms with E-state index < -0.39 is 0 Å². The van der Waals surface area contributed by atoms with Crippen LogP contribution in [-0.4, -0.2) is 25.0 Å². The third-order valence-electron chi connectivity index (χ3n) is 3.75. The molecule has 1 aliphatic heterocycles. The number of nitriles is 1. The molecule has 98 valence electrons. The minimum atomic E-state index is 0.0997. The van der Waals surface area contributed by atoms with Crippen molar-refractivity contribution in [3.8, 4) is 6.07 Å². The molecule has 2 heteroatoms. The van der Waals surface area contributed by atoms with E-state index in [1.165, 1.54) is 5.56 Å². The monoisotopic (exact) mass is 244 g/mol. The number of benzene rings is 1. The van der Waals surface area contributed by atoms with Crippen molar-refractivity contribution in [2.75, 3.05) is 20.1 Å². The summed E-state index contributed by atoms with van der Waals surface area (Å²) in [6, 6.07) is 12.9. The topological polar surface area (TPSA) is 27.0 Å². The van der Waals surface area contributed by atoms with Gasteiger partial charge in [-0.15, -0.1) is 0 Å². The number of rotatable bonds is 2. The first kappa shape index (κ1) is 14.7. The van der Waals surface area contributed by atoms with Gasteiger partial charge in [-0.3, -0.25) is 0 Å². The molecule has 0 spiro atoms. The van der Waals surface area contributed by atoms with Gasteiger partial charge in [-0.05, 0) is 38.5 Å². The molecule has 2 rings (SSSR count). The van der Waals surface area contributed by atoms with E-state index in [0.717, 1.165) is 25.9 Å². The van der Waals surface area contributed by atoms with E-state index in [1.54, 1.807) is 0 Å². The number of nitrogens with zero attached hydrogens (tertiary/aromatic N) is 2. The zero-order valence-corrected chi connectivity index (χ0v) is 11.8. The van der Waals surface area contributed by atoms with Crippen LogP contribution in [0.25, 0.3) is 0 Å². The minimum absolute atomic E-state index is 0.0997. The lowest BCUT2D eigenvalue weighted by Gasteiger charge is -2.39. The average Bonchev–Trinajstić information content (AvgIpc) is 2.45. The maximum absolute atomic E-state index is 9.05. The summed E-state index contributed by atoms with van der Waals surface area (Å²) in [5, 5.41) is 9.05. The van der Waals surface area contributed by atoms with Gasteiger partial charge in [0, 0.05) is 11.8 Å². The lowest BCUT2D eigenvalue weighted by atomic mass is 9.71. The molecule has 1 fully saturated rings. The number of hydrogen-bond acceptors (Lipinski definition) is 2. The van der Waals surface area contributed by atoms with E-state index in [4.69, 9.17) is 5.26 Å². The summed E-state index contributed by atoms with van der Waals surface area (Å²) in [5.74, 6) is 0. The maximum atomic E-state index is 9.05. The second-order valence-corrected chi connectivity index (χ2v) is 4.78. The Hall–Kier alpha value is -1.33. The van der Waals surface area contributed by atoms with Crippen molar-refractivity contribution in [2.45, 2.75) is 38.5 Å². The van der Waals surface area contributed by atoms with Crippen molar-refractivity contribution in [1.82, 2.24) is 4.90 Å². The van der Waals surface area contributed by atoms with E-state index in [9.17, 15) is 0 Å². The van der Waals surface area contributed by atoms with Crippen molar-refractivity contribution in [2.24, 2.45) is 0 Å². The van der Waals surface area contributed by atoms with E-state index in [2.05, 4.69) is 42.3 Å². The number of hydrogen-bond donors (Lipinski definition) is 0. The molecule has 0 unspecified atom stereocenters. The quantitative estimate of drug-likeness (QED) is 0.795. The van der Waals surface area contributed by atoms with Gasteiger partial charge in [-0.2, -0.15) is 5.26 Å². The molecule has 0 aliphatic carbocycles. The van der Waals surface area contributed by atoms with E-state index in [1.807, 2.05) is 19.9 Å². The second-order valence-electron chi connectivity index (χ2n) is 4.78. The van der Waals surface area contributed by atoms with E-state index in [-0.39, 0.29) is 5.41 Å². The Bertz CT molecular complexity index is 370. The molecular formula is C16H24N2. The number of piperidine rings is 1. The average molecular weight is 244 g/mol. The Kier molecular flexibility index (Phi) is 5.88. The zero-order chi connectivity index (χ0) is 13.4. The molecule has 0 amide bonds. The van der Waals surface area contributed by atoms with E-state index in [0.29, 0.717) is 6.42 Å². The molecule has 1 saturated heterocycles. The normalized spacial score (nSPS) is 18.3. The molecule has 0 N–H and O–H groups in total. The lowest BCUT2D eigenvalue weighted by Crippen LogP contribution is -2.40. The smallest absolute Gasteiger partial charge is 0.0631 e. The van der Waals surface area contributed by atoms with Crippen LogP contribution in [0, 0.1) is 11.3 Å². The van der Waals surface area contributed by atoms with Gasteiger partial charge < -0.3 is 4.90 Å². The molecule has 1 heterocycles. The number of likely N-dealkylation sites (tertiary alicyclic amines) is 1. The second kappa shape index (κ2) is 7.18. The van der Waals surface area contributed by atoms with Crippen molar-refractivity contribution in [1.29, 1.82) is 5.26 Å². The van der Waals surface area contributed by atoms with Crippen LogP contribution in [0.15, 0.2) is 30.3 Å². The fourth-order valence-electron chi connectivity index (χ4n) is 2.56. The predicted octanol–water partition coefficient (Wildman–Crippen LogP) is 3.59. The van der Waals surface area contributed by atoms with Crippen LogP contribution in [0.5, 0.6) is 0 Å². The fraction of sp³-hybridized carbons (Fsp3) is 0.562. The maximum Gasteiger partial charge on any atom is 0.0631 e. The largest absolute Gasteiger partial charge is 0.306 e. The molecular weight excluding hydrogens is 220 g/mol. The van der Waals surface area contributed by atoms with Crippen molar-refractivity contribution >= 4 is 0 Å². The Labute approximate surface area is 111 Å². The summed E-state index contributed by atoms with van der Waals surface area (Å²) >= 11 is 0. The van der Waals surface area contributed by atoms with Crippen LogP contribution in [0.1, 0.15) is 38.7 Å². The Morgan fingerprint density at radius 1 is 1.17 bits per heavy atom. The van der Waals surface area contributed by atoms with E-state index >= 15 is 0 Å². The predicted molar refractivity (Wildman–Crippen MR) is 76.4 cm³/mol. The molecule has 0 aromatic heterocycles. The van der Waals surface area contributed by atoms with Gasteiger partial charge in [0.2, 0.25) is 0 Å². The third-order valence-corrected chi connectivity index (χ3v) is 3.75. The first-order valence-corrected chi connectivity index (χ1v) is 6.88. The molecule has 18 heavy (non-hydrogen) atoms. The molecule has 1 aliphatic rings. The lowest BCUT2D eigenvalue weighted by molar-refractivity contribution is 0.189. The highest BCUT2D eigenvalue weighted by atomic mass is 15.1. The van der Waals surface area contributed by atoms with Gasteiger partial charge in [-0.1, -0.05) is 44.2 Å². The Balaban J connectivity index is 0.000000771. The molecule has 0 bridgehead atoms. The third kappa shape index (κ3) is 3.34. The Morgan fingerprint density at radius 3 is 2.22 bits per heavy atom. The highest BCUT2D eigenvalue weighted by Gasteiger charge is 2.34. The van der Waals surface area contributed by atoms with Gasteiger partial charge in [0.05, 0.1) is 6.07 Å². The summed E-state index contributed by atoms with van der Waals surface area (Å²) in [5.41, 5.74) is 1.44. The zero-order valence-electron chi connectivity index (χ0n) is 11.8. The first-order valence-electron chi connectivity index (χ1n) is 6.88. The van der Waals surface area contributed by atoms with Gasteiger partial charge in [0.1, 0.15) is 0 Å². The SMILES string of the molecule is CC.CN1CCC(CC#N)(c2ccccc2)CC1. The molecule has 1 aromatic rings. The minimum Gasteiger partial charge on any atom is -0.306 e. The highest BCUT2D eigenvalue weighted by molar-refractivity contribution is 5.27. The van der Waals surface area contributed by atoms with Crippen molar-refractivity contribution in [3.63, 3.8) is 0 Å². The van der Waals surface area contributed by atoms with Crippen LogP contribution < -0.4 is 0 Å². The van der Waals surface area contributed by atoms with Gasteiger partial charge >= 0.3 is 0 Å². The molecule has 2 nitrogen and oxygen atoms in total. The van der Waals surface area contributed by atoms with Crippen LogP contribution in [0.2, 0.25) is 0 Å². The van der Waals surface area contributed by atoms with Crippen LogP contribution in [0.4, 0.5) is 0 Å². The first-order chi connectivity index (χ1) is 8.77. The van der Waals surface area contributed by atoms with Gasteiger partial charge in [0.25, 0.3) is 0 Å². The fourth-order valence-corrected chi connectivity index (χ4v) is 2.56. The molecule has 1 aromatic carbocycles. The van der Waals surface area contributed by atoms with Gasteiger partial charge in [-0.25, -0.2) is 0 Å². The standard InChI is InChI=1S/C14H18N2.C2H6/c1-16-11-8-14(7-10-15,9-12-16)13-5-3-2-4-6-13;1-2/h2-6H,7-9,11-12H2,1H3;1-2H3. The van der Waals surface area contributed by atoms with Crippen LogP contribution in [0.3, 0.4) is 0 Å². The molecule has 0 atom stereocenters. The van der Waals surface area contributed by atoms with Crippen LogP contribution in [-0.2, 0) is 5.41 Å². The van der Waals surface area contributed by atoms with Gasteiger partial charge in [0.15, 0.2) is 0 Å². The summed E-state index contributed by atoms with van der Waals surface area (Å²) in [6.45, 7) is 6.19. The van der Waals surface area contributed by atoms with Crippen molar-refractivity contribution in [3.05, 3.63) is 35.9 Å². The summed E-state index contributed by atoms with van der Waals surface area (Å²) in [7, 11) is 2.15.